The first kappa shape index (κ1) is 24.5. The minimum Gasteiger partial charge on any atom is -0.197 e. The van der Waals surface area contributed by atoms with Crippen molar-refractivity contribution in [2.75, 3.05) is 0 Å². The maximum absolute atomic E-state index is 2.17. The molecule has 0 atom stereocenters. The van der Waals surface area contributed by atoms with Gasteiger partial charge in [0.25, 0.3) is 0 Å². The van der Waals surface area contributed by atoms with E-state index < -0.39 is 0 Å². The first-order valence-corrected chi connectivity index (χ1v) is 10.6. The maximum Gasteiger partial charge on any atom is -0.0226 e. The SMILES string of the molecule is S.S.c1ccc(Pc2ccccc2)cc1.c1ccc(Pc2ccccc2)cc1. The van der Waals surface area contributed by atoms with Crippen LogP contribution >= 0.6 is 44.2 Å². The Morgan fingerprint density at radius 2 is 0.464 bits per heavy atom. The molecule has 0 aliphatic carbocycles. The van der Waals surface area contributed by atoms with Crippen molar-refractivity contribution in [1.29, 1.82) is 0 Å². The standard InChI is InChI=1S/2C12H11P.2H2S/c2*1-3-7-11(8-4-1)13-12-9-5-2-6-10-12;;/h2*1-10,13H;2*1H2. The van der Waals surface area contributed by atoms with Gasteiger partial charge in [0.05, 0.1) is 0 Å². The van der Waals surface area contributed by atoms with Gasteiger partial charge in [-0.25, -0.2) is 0 Å². The molecule has 0 radical (unpaired) electrons. The highest BCUT2D eigenvalue weighted by Crippen LogP contribution is 2.09. The lowest BCUT2D eigenvalue weighted by Crippen LogP contribution is -2.01. The Morgan fingerprint density at radius 3 is 0.643 bits per heavy atom. The predicted molar refractivity (Wildman–Crippen MR) is 142 cm³/mol. The Bertz CT molecular complexity index is 719. The smallest absolute Gasteiger partial charge is 0.0226 e. The summed E-state index contributed by atoms with van der Waals surface area (Å²) in [5.74, 6) is 0. The molecule has 0 aliphatic heterocycles. The van der Waals surface area contributed by atoms with Crippen LogP contribution in [-0.2, 0) is 0 Å². The molecule has 0 aliphatic rings. The van der Waals surface area contributed by atoms with Crippen molar-refractivity contribution in [2.45, 2.75) is 0 Å². The molecular formula is C24H26P2S2. The zero-order valence-corrected chi connectivity index (χ0v) is 19.5. The van der Waals surface area contributed by atoms with Crippen LogP contribution in [0.2, 0.25) is 0 Å². The van der Waals surface area contributed by atoms with E-state index >= 15 is 0 Å². The lowest BCUT2D eigenvalue weighted by atomic mass is 10.4. The Kier molecular flexibility index (Phi) is 12.6. The molecule has 4 heteroatoms. The summed E-state index contributed by atoms with van der Waals surface area (Å²) >= 11 is 0. The molecular weight excluding hydrogens is 414 g/mol. The van der Waals surface area contributed by atoms with Gasteiger partial charge in [0, 0.05) is 0 Å². The van der Waals surface area contributed by atoms with E-state index in [2.05, 4.69) is 121 Å². The first-order chi connectivity index (χ1) is 12.9. The van der Waals surface area contributed by atoms with Gasteiger partial charge in [0.2, 0.25) is 0 Å². The van der Waals surface area contributed by atoms with E-state index in [1.807, 2.05) is 0 Å². The normalized spacial score (nSPS) is 9.14. The van der Waals surface area contributed by atoms with Crippen molar-refractivity contribution < 1.29 is 0 Å². The number of hydrogen-bond donors (Lipinski definition) is 0. The molecule has 0 bridgehead atoms. The van der Waals surface area contributed by atoms with E-state index in [0.717, 1.165) is 17.2 Å². The van der Waals surface area contributed by atoms with Crippen LogP contribution in [0.25, 0.3) is 0 Å². The van der Waals surface area contributed by atoms with Gasteiger partial charge in [-0.3, -0.25) is 0 Å². The summed E-state index contributed by atoms with van der Waals surface area (Å²) in [5, 5.41) is 5.59. The summed E-state index contributed by atoms with van der Waals surface area (Å²) in [6, 6.07) is 42.3. The second-order valence-electron chi connectivity index (χ2n) is 5.71. The molecule has 0 amide bonds. The summed E-state index contributed by atoms with van der Waals surface area (Å²) in [7, 11) is 1.55. The van der Waals surface area contributed by atoms with Crippen molar-refractivity contribution in [1.82, 2.24) is 0 Å². The molecule has 0 nitrogen and oxygen atoms in total. The molecule has 0 heterocycles. The summed E-state index contributed by atoms with van der Waals surface area (Å²) < 4.78 is 0. The largest absolute Gasteiger partial charge is 0.197 e. The van der Waals surface area contributed by atoms with Gasteiger partial charge in [-0.1, -0.05) is 138 Å². The fourth-order valence-electron chi connectivity index (χ4n) is 2.42. The fourth-order valence-corrected chi connectivity index (χ4v) is 4.52. The lowest BCUT2D eigenvalue weighted by molar-refractivity contribution is 1.76. The van der Waals surface area contributed by atoms with Crippen LogP contribution in [0.5, 0.6) is 0 Å². The minimum atomic E-state index is 0. The molecule has 0 spiro atoms. The van der Waals surface area contributed by atoms with E-state index in [9.17, 15) is 0 Å². The maximum atomic E-state index is 2.17. The van der Waals surface area contributed by atoms with Crippen LogP contribution in [0.3, 0.4) is 0 Å². The van der Waals surface area contributed by atoms with Crippen molar-refractivity contribution >= 4 is 65.4 Å². The number of hydrogen-bond acceptors (Lipinski definition) is 0. The molecule has 28 heavy (non-hydrogen) atoms. The molecule has 4 rings (SSSR count). The Labute approximate surface area is 186 Å². The lowest BCUT2D eigenvalue weighted by Gasteiger charge is -2.00. The zero-order chi connectivity index (χ0) is 17.9. The highest BCUT2D eigenvalue weighted by Gasteiger charge is 1.93. The Hall–Kier alpha value is -1.56. The third-order valence-corrected chi connectivity index (χ3v) is 6.16. The van der Waals surface area contributed by atoms with Gasteiger partial charge >= 0.3 is 0 Å². The van der Waals surface area contributed by atoms with E-state index in [1.54, 1.807) is 0 Å². The quantitative estimate of drug-likeness (QED) is 0.398. The number of rotatable bonds is 4. The summed E-state index contributed by atoms with van der Waals surface area (Å²) in [6.07, 6.45) is 0. The number of benzene rings is 4. The molecule has 4 aromatic carbocycles. The third-order valence-electron chi connectivity index (χ3n) is 3.67. The average Bonchev–Trinajstić information content (AvgIpc) is 2.72. The van der Waals surface area contributed by atoms with Crippen molar-refractivity contribution in [3.05, 3.63) is 121 Å². The highest BCUT2D eigenvalue weighted by atomic mass is 32.1. The molecule has 0 fully saturated rings. The summed E-state index contributed by atoms with van der Waals surface area (Å²) in [5.41, 5.74) is 0. The van der Waals surface area contributed by atoms with Gasteiger partial charge in [0.15, 0.2) is 0 Å². The second kappa shape index (κ2) is 14.4. The average molecular weight is 441 g/mol. The van der Waals surface area contributed by atoms with Crippen LogP contribution in [0.1, 0.15) is 0 Å². The molecule has 0 saturated heterocycles. The second-order valence-corrected chi connectivity index (χ2v) is 8.52. The minimum absolute atomic E-state index is 0. The van der Waals surface area contributed by atoms with Gasteiger partial charge < -0.3 is 0 Å². The fraction of sp³-hybridized carbons (Fsp3) is 0. The molecule has 0 saturated carbocycles. The van der Waals surface area contributed by atoms with Gasteiger partial charge in [-0.15, -0.1) is 0 Å². The summed E-state index contributed by atoms with van der Waals surface area (Å²) in [6.45, 7) is 0. The highest BCUT2D eigenvalue weighted by molar-refractivity contribution is 7.59. The van der Waals surface area contributed by atoms with Crippen molar-refractivity contribution in [3.8, 4) is 0 Å². The Balaban J connectivity index is 0.000000261. The van der Waals surface area contributed by atoms with E-state index in [0.29, 0.717) is 0 Å². The van der Waals surface area contributed by atoms with Crippen LogP contribution in [0.4, 0.5) is 0 Å². The van der Waals surface area contributed by atoms with E-state index in [4.69, 9.17) is 0 Å². The van der Waals surface area contributed by atoms with Crippen LogP contribution in [0.15, 0.2) is 121 Å². The molecule has 144 valence electrons. The zero-order valence-electron chi connectivity index (χ0n) is 15.5. The van der Waals surface area contributed by atoms with Gasteiger partial charge in [0.1, 0.15) is 0 Å². The monoisotopic (exact) mass is 440 g/mol. The van der Waals surface area contributed by atoms with Crippen LogP contribution in [0, 0.1) is 0 Å². The molecule has 0 unspecified atom stereocenters. The van der Waals surface area contributed by atoms with E-state index in [1.165, 1.54) is 21.2 Å². The van der Waals surface area contributed by atoms with Crippen LogP contribution < -0.4 is 21.2 Å². The van der Waals surface area contributed by atoms with Gasteiger partial charge in [-0.05, 0) is 21.2 Å². The van der Waals surface area contributed by atoms with Gasteiger partial charge in [-0.2, -0.15) is 27.0 Å². The van der Waals surface area contributed by atoms with Crippen LogP contribution in [-0.4, -0.2) is 0 Å². The molecule has 0 aromatic heterocycles. The van der Waals surface area contributed by atoms with E-state index in [-0.39, 0.29) is 27.0 Å². The first-order valence-electron chi connectivity index (χ1n) is 8.64. The topological polar surface area (TPSA) is 0 Å². The molecule has 0 N–H and O–H groups in total. The molecule has 4 aromatic rings. The predicted octanol–water partition coefficient (Wildman–Crippen LogP) is 4.86. The Morgan fingerprint density at radius 1 is 0.286 bits per heavy atom. The summed E-state index contributed by atoms with van der Waals surface area (Å²) in [4.78, 5) is 0. The third kappa shape index (κ3) is 9.09. The van der Waals surface area contributed by atoms with Crippen molar-refractivity contribution in [2.24, 2.45) is 0 Å². The van der Waals surface area contributed by atoms with Crippen molar-refractivity contribution in [3.63, 3.8) is 0 Å².